The number of thioether (sulfide) groups is 1. The van der Waals surface area contributed by atoms with Crippen molar-refractivity contribution in [1.82, 2.24) is 9.99 Å². The highest BCUT2D eigenvalue weighted by Crippen LogP contribution is 2.23. The number of amidine groups is 1. The van der Waals surface area contributed by atoms with E-state index in [2.05, 4.69) is 46.6 Å². The fourth-order valence-corrected chi connectivity index (χ4v) is 3.56. The monoisotopic (exact) mass is 354 g/mol. The maximum absolute atomic E-state index is 5.16. The average molecular weight is 354 g/mol. The summed E-state index contributed by atoms with van der Waals surface area (Å²) in [6, 6.07) is 9.84. The Morgan fingerprint density at radius 3 is 2.72 bits per heavy atom. The molecular weight excluding hydrogens is 332 g/mol. The second-order valence-electron chi connectivity index (χ2n) is 5.76. The van der Waals surface area contributed by atoms with Crippen LogP contribution in [0, 0.1) is 13.8 Å². The average Bonchev–Trinajstić information content (AvgIpc) is 2.92. The molecule has 25 heavy (non-hydrogen) atoms. The molecule has 0 unspecified atom stereocenters. The summed E-state index contributed by atoms with van der Waals surface area (Å²) in [5, 5.41) is 5.34. The molecule has 0 saturated carbocycles. The molecule has 0 bridgehead atoms. The van der Waals surface area contributed by atoms with Crippen LogP contribution in [0.4, 0.5) is 5.69 Å². The largest absolute Gasteiger partial charge is 0.497 e. The Labute approximate surface area is 152 Å². The van der Waals surface area contributed by atoms with Crippen LogP contribution in [0.2, 0.25) is 0 Å². The summed E-state index contributed by atoms with van der Waals surface area (Å²) in [6.07, 6.45) is 1.92. The molecule has 0 spiro atoms. The van der Waals surface area contributed by atoms with Gasteiger partial charge in [0.1, 0.15) is 5.75 Å². The van der Waals surface area contributed by atoms with Crippen LogP contribution >= 0.6 is 11.8 Å². The molecule has 3 rings (SSSR count). The van der Waals surface area contributed by atoms with Gasteiger partial charge in [-0.3, -0.25) is 5.43 Å². The van der Waals surface area contributed by atoms with Gasteiger partial charge in [0.25, 0.3) is 0 Å². The van der Waals surface area contributed by atoms with Crippen LogP contribution in [0.25, 0.3) is 0 Å². The molecular formula is C19H22N4OS. The number of methoxy groups -OCH3 is 1. The number of hydrazone groups is 1. The van der Waals surface area contributed by atoms with Gasteiger partial charge in [0.15, 0.2) is 5.17 Å². The van der Waals surface area contributed by atoms with Gasteiger partial charge in [-0.15, -0.1) is 6.58 Å². The highest BCUT2D eigenvalue weighted by atomic mass is 32.2. The smallest absolute Gasteiger partial charge is 0.182 e. The Morgan fingerprint density at radius 2 is 2.12 bits per heavy atom. The van der Waals surface area contributed by atoms with E-state index in [0.717, 1.165) is 34.6 Å². The first-order valence-corrected chi connectivity index (χ1v) is 9.07. The highest BCUT2D eigenvalue weighted by Gasteiger charge is 2.18. The zero-order valence-electron chi connectivity index (χ0n) is 14.7. The Bertz CT molecular complexity index is 834. The number of benzene rings is 1. The van der Waals surface area contributed by atoms with Gasteiger partial charge in [-0.1, -0.05) is 17.8 Å². The first-order chi connectivity index (χ1) is 12.1. The van der Waals surface area contributed by atoms with E-state index in [-0.39, 0.29) is 0 Å². The standard InChI is InChI=1S/C19H22N4OS/c1-5-10-23-13(2)11-17(14(23)3)18-12-25-19(22-21-18)20-15-6-8-16(24-4)9-7-15/h5-9,11H,1,10,12H2,2-4H3,(H,20,22). The molecule has 0 atom stereocenters. The minimum absolute atomic E-state index is 0.792. The lowest BCUT2D eigenvalue weighted by atomic mass is 10.1. The highest BCUT2D eigenvalue weighted by molar-refractivity contribution is 8.14. The fourth-order valence-electron chi connectivity index (χ4n) is 2.79. The van der Waals surface area contributed by atoms with Crippen LogP contribution < -0.4 is 10.2 Å². The summed E-state index contributed by atoms with van der Waals surface area (Å²) in [5.41, 5.74) is 8.61. The molecule has 6 heteroatoms. The molecule has 2 aromatic rings. The molecule has 5 nitrogen and oxygen atoms in total. The van der Waals surface area contributed by atoms with E-state index in [1.54, 1.807) is 18.9 Å². The van der Waals surface area contributed by atoms with E-state index in [9.17, 15) is 0 Å². The lowest BCUT2D eigenvalue weighted by molar-refractivity contribution is 0.415. The number of hydrogen-bond acceptors (Lipinski definition) is 4. The van der Waals surface area contributed by atoms with Gasteiger partial charge < -0.3 is 9.30 Å². The van der Waals surface area contributed by atoms with Gasteiger partial charge in [0, 0.05) is 29.2 Å². The molecule has 1 aliphatic rings. The zero-order chi connectivity index (χ0) is 17.8. The molecule has 0 amide bonds. The third-order valence-corrected chi connectivity index (χ3v) is 5.01. The van der Waals surface area contributed by atoms with Crippen molar-refractivity contribution in [2.45, 2.75) is 20.4 Å². The van der Waals surface area contributed by atoms with Crippen molar-refractivity contribution in [3.05, 3.63) is 59.9 Å². The van der Waals surface area contributed by atoms with Gasteiger partial charge in [-0.25, -0.2) is 4.99 Å². The molecule has 1 aromatic heterocycles. The molecule has 1 aromatic carbocycles. The second kappa shape index (κ2) is 7.61. The van der Waals surface area contributed by atoms with Crippen molar-refractivity contribution in [3.63, 3.8) is 0 Å². The van der Waals surface area contributed by atoms with E-state index >= 15 is 0 Å². The molecule has 2 heterocycles. The number of hydrogen-bond donors (Lipinski definition) is 1. The maximum atomic E-state index is 5.16. The third-order valence-electron chi connectivity index (χ3n) is 4.13. The Morgan fingerprint density at radius 1 is 1.36 bits per heavy atom. The van der Waals surface area contributed by atoms with Crippen molar-refractivity contribution in [2.75, 3.05) is 12.9 Å². The lowest BCUT2D eigenvalue weighted by Crippen LogP contribution is -2.25. The summed E-state index contributed by atoms with van der Waals surface area (Å²) in [7, 11) is 1.65. The lowest BCUT2D eigenvalue weighted by Gasteiger charge is -2.15. The van der Waals surface area contributed by atoms with Gasteiger partial charge in [-0.2, -0.15) is 5.10 Å². The van der Waals surface area contributed by atoms with E-state index in [4.69, 9.17) is 4.74 Å². The number of allylic oxidation sites excluding steroid dienone is 1. The van der Waals surface area contributed by atoms with Crippen molar-refractivity contribution in [2.24, 2.45) is 10.1 Å². The summed E-state index contributed by atoms with van der Waals surface area (Å²) >= 11 is 1.66. The third kappa shape index (κ3) is 3.79. The van der Waals surface area contributed by atoms with Crippen LogP contribution in [0.15, 0.2) is 53.1 Å². The minimum Gasteiger partial charge on any atom is -0.497 e. The van der Waals surface area contributed by atoms with Crippen molar-refractivity contribution >= 4 is 28.3 Å². The van der Waals surface area contributed by atoms with E-state index in [1.807, 2.05) is 30.3 Å². The summed E-state index contributed by atoms with van der Waals surface area (Å²) in [4.78, 5) is 4.58. The molecule has 0 radical (unpaired) electrons. The van der Waals surface area contributed by atoms with E-state index in [1.165, 1.54) is 17.0 Å². The number of aromatic nitrogens is 1. The number of rotatable bonds is 5. The Kier molecular flexibility index (Phi) is 5.28. The topological polar surface area (TPSA) is 50.9 Å². The number of aliphatic imine (C=N–C) groups is 1. The maximum Gasteiger partial charge on any atom is 0.182 e. The Balaban J connectivity index is 1.77. The number of ether oxygens (including phenoxy) is 1. The molecule has 0 saturated heterocycles. The minimum atomic E-state index is 0.792. The number of aryl methyl sites for hydroxylation is 1. The van der Waals surface area contributed by atoms with Gasteiger partial charge in [0.2, 0.25) is 0 Å². The predicted octanol–water partition coefficient (Wildman–Crippen LogP) is 4.03. The summed E-state index contributed by atoms with van der Waals surface area (Å²) < 4.78 is 7.41. The van der Waals surface area contributed by atoms with Crippen LogP contribution in [-0.2, 0) is 6.54 Å². The van der Waals surface area contributed by atoms with E-state index < -0.39 is 0 Å². The molecule has 0 fully saturated rings. The van der Waals surface area contributed by atoms with Crippen molar-refractivity contribution in [1.29, 1.82) is 0 Å². The van der Waals surface area contributed by atoms with Crippen molar-refractivity contribution < 1.29 is 4.74 Å². The summed E-state index contributed by atoms with van der Waals surface area (Å²) in [6.45, 7) is 8.88. The molecule has 0 aliphatic carbocycles. The van der Waals surface area contributed by atoms with Crippen LogP contribution in [0.5, 0.6) is 5.75 Å². The van der Waals surface area contributed by atoms with Crippen LogP contribution in [-0.4, -0.2) is 28.3 Å². The molecule has 130 valence electrons. The Hall–Kier alpha value is -2.47. The first kappa shape index (κ1) is 17.4. The van der Waals surface area contributed by atoms with Crippen LogP contribution in [0.1, 0.15) is 17.0 Å². The van der Waals surface area contributed by atoms with Crippen LogP contribution in [0.3, 0.4) is 0 Å². The van der Waals surface area contributed by atoms with Gasteiger partial charge in [0.05, 0.1) is 18.5 Å². The summed E-state index contributed by atoms with van der Waals surface area (Å²) in [5.74, 6) is 1.61. The van der Waals surface area contributed by atoms with Crippen molar-refractivity contribution in [3.8, 4) is 5.75 Å². The quantitative estimate of drug-likeness (QED) is 0.825. The normalized spacial score (nSPS) is 15.6. The van der Waals surface area contributed by atoms with E-state index in [0.29, 0.717) is 0 Å². The van der Waals surface area contributed by atoms with Gasteiger partial charge in [-0.05, 0) is 44.2 Å². The fraction of sp³-hybridized carbons (Fsp3) is 0.263. The number of nitrogens with zero attached hydrogens (tertiary/aromatic N) is 3. The SMILES string of the molecule is C=CCn1c(C)cc(C2=NNC(=Nc3ccc(OC)cc3)SC2)c1C. The molecule has 1 aliphatic heterocycles. The second-order valence-corrected chi connectivity index (χ2v) is 6.72. The first-order valence-electron chi connectivity index (χ1n) is 8.08. The number of nitrogens with one attached hydrogen (secondary N) is 1. The van der Waals surface area contributed by atoms with Gasteiger partial charge >= 0.3 is 0 Å². The predicted molar refractivity (Wildman–Crippen MR) is 106 cm³/mol. The zero-order valence-corrected chi connectivity index (χ0v) is 15.6. The molecule has 1 N–H and O–H groups in total.